The van der Waals surface area contributed by atoms with Crippen molar-refractivity contribution in [2.45, 2.75) is 25.3 Å². The van der Waals surface area contributed by atoms with Gasteiger partial charge in [0.05, 0.1) is 16.4 Å². The molecule has 1 unspecified atom stereocenters. The second kappa shape index (κ2) is 6.12. The van der Waals surface area contributed by atoms with Crippen molar-refractivity contribution in [3.63, 3.8) is 0 Å². The number of hydrogen-bond donors (Lipinski definition) is 2. The minimum atomic E-state index is -0.147. The van der Waals surface area contributed by atoms with Crippen LogP contribution >= 0.6 is 11.6 Å². The zero-order valence-electron chi connectivity index (χ0n) is 12.1. The Morgan fingerprint density at radius 1 is 1.38 bits per heavy atom. The molecule has 0 radical (unpaired) electrons. The minimum Gasteiger partial charge on any atom is -0.482 e. The molecule has 0 bridgehead atoms. The Kier molecular flexibility index (Phi) is 4.22. The Bertz CT molecular complexity index is 550. The molecule has 0 aliphatic carbocycles. The second-order valence-corrected chi connectivity index (χ2v) is 6.15. The molecule has 2 aliphatic rings. The van der Waals surface area contributed by atoms with Gasteiger partial charge in [0.15, 0.2) is 6.61 Å². The fraction of sp³-hybridized carbons (Fsp3) is 0.533. The number of ether oxygens (including phenoxy) is 1. The summed E-state index contributed by atoms with van der Waals surface area (Å²) < 4.78 is 5.44. The summed E-state index contributed by atoms with van der Waals surface area (Å²) in [4.78, 5) is 13.7. The van der Waals surface area contributed by atoms with Gasteiger partial charge in [-0.25, -0.2) is 0 Å². The summed E-state index contributed by atoms with van der Waals surface area (Å²) in [6.07, 6.45) is 3.42. The van der Waals surface area contributed by atoms with E-state index in [1.807, 2.05) is 6.07 Å². The molecule has 6 heteroatoms. The van der Waals surface area contributed by atoms with Crippen LogP contribution in [0.1, 0.15) is 19.3 Å². The van der Waals surface area contributed by atoms with Crippen molar-refractivity contribution in [2.24, 2.45) is 0 Å². The molecule has 1 aromatic carbocycles. The summed E-state index contributed by atoms with van der Waals surface area (Å²) in [5.74, 6) is 0.526. The molecule has 1 saturated heterocycles. The molecule has 2 N–H and O–H groups in total. The molecule has 2 aliphatic heterocycles. The highest BCUT2D eigenvalue weighted by Gasteiger charge is 2.20. The average molecular weight is 310 g/mol. The summed E-state index contributed by atoms with van der Waals surface area (Å²) in [6, 6.07) is 4.05. The van der Waals surface area contributed by atoms with Crippen molar-refractivity contribution < 1.29 is 9.53 Å². The lowest BCUT2D eigenvalue weighted by Crippen LogP contribution is -2.26. The smallest absolute Gasteiger partial charge is 0.262 e. The van der Waals surface area contributed by atoms with E-state index in [2.05, 4.69) is 22.6 Å². The molecule has 5 nitrogen and oxygen atoms in total. The minimum absolute atomic E-state index is 0.0578. The third-order valence-corrected chi connectivity index (χ3v) is 4.33. The second-order valence-electron chi connectivity index (χ2n) is 5.74. The van der Waals surface area contributed by atoms with Crippen molar-refractivity contribution in [1.82, 2.24) is 4.90 Å². The Morgan fingerprint density at radius 2 is 2.24 bits per heavy atom. The number of fused-ring (bicyclic) bond motifs is 1. The van der Waals surface area contributed by atoms with Gasteiger partial charge in [0, 0.05) is 12.1 Å². The summed E-state index contributed by atoms with van der Waals surface area (Å²) in [5.41, 5.74) is 1.52. The van der Waals surface area contributed by atoms with Gasteiger partial charge >= 0.3 is 0 Å². The van der Waals surface area contributed by atoms with E-state index in [1.165, 1.54) is 6.42 Å². The fourth-order valence-electron chi connectivity index (χ4n) is 2.81. The van der Waals surface area contributed by atoms with Crippen LogP contribution in [0, 0.1) is 0 Å². The van der Waals surface area contributed by atoms with Crippen LogP contribution in [0.2, 0.25) is 5.02 Å². The van der Waals surface area contributed by atoms with E-state index in [4.69, 9.17) is 16.3 Å². The molecule has 0 saturated carbocycles. The van der Waals surface area contributed by atoms with Crippen LogP contribution in [0.15, 0.2) is 12.1 Å². The van der Waals surface area contributed by atoms with Gasteiger partial charge in [-0.1, -0.05) is 11.6 Å². The Morgan fingerprint density at radius 3 is 3.10 bits per heavy atom. The van der Waals surface area contributed by atoms with E-state index in [0.29, 0.717) is 22.5 Å². The van der Waals surface area contributed by atoms with Crippen LogP contribution in [0.5, 0.6) is 5.75 Å². The van der Waals surface area contributed by atoms with Crippen molar-refractivity contribution in [2.75, 3.05) is 37.4 Å². The van der Waals surface area contributed by atoms with E-state index in [1.54, 1.807) is 6.07 Å². The predicted molar refractivity (Wildman–Crippen MR) is 84.3 cm³/mol. The van der Waals surface area contributed by atoms with E-state index in [9.17, 15) is 4.79 Å². The van der Waals surface area contributed by atoms with Crippen LogP contribution < -0.4 is 15.4 Å². The van der Waals surface area contributed by atoms with Gasteiger partial charge < -0.3 is 20.3 Å². The number of nitrogens with one attached hydrogen (secondary N) is 2. The van der Waals surface area contributed by atoms with Gasteiger partial charge in [-0.15, -0.1) is 0 Å². The number of carbonyl (C=O) groups excluding carboxylic acids is 1. The first-order valence-electron chi connectivity index (χ1n) is 7.33. The molecule has 1 amide bonds. The average Bonchev–Trinajstić information content (AvgIpc) is 2.65. The topological polar surface area (TPSA) is 53.6 Å². The number of amides is 1. The summed E-state index contributed by atoms with van der Waals surface area (Å²) >= 11 is 6.32. The molecule has 21 heavy (non-hydrogen) atoms. The normalized spacial score (nSPS) is 22.8. The predicted octanol–water partition coefficient (Wildman–Crippen LogP) is 2.57. The standard InChI is InChI=1S/C15H20ClN3O2/c1-19-5-2-3-10(4-6-19)17-12-8-14-13(7-11(12)16)18-15(20)9-21-14/h7-8,10,17H,2-6,9H2,1H3,(H,18,20). The quantitative estimate of drug-likeness (QED) is 0.881. The molecule has 3 rings (SSSR count). The highest BCUT2D eigenvalue weighted by atomic mass is 35.5. The maximum atomic E-state index is 11.3. The molecule has 1 aromatic rings. The molecular weight excluding hydrogens is 290 g/mol. The van der Waals surface area contributed by atoms with Gasteiger partial charge in [0.2, 0.25) is 0 Å². The van der Waals surface area contributed by atoms with Crippen LogP contribution in [0.4, 0.5) is 11.4 Å². The van der Waals surface area contributed by atoms with Gasteiger partial charge in [-0.3, -0.25) is 4.79 Å². The van der Waals surface area contributed by atoms with Gasteiger partial charge in [-0.2, -0.15) is 0 Å². The molecule has 2 heterocycles. The molecule has 0 aromatic heterocycles. The van der Waals surface area contributed by atoms with E-state index >= 15 is 0 Å². The number of likely N-dealkylation sites (tertiary alicyclic amines) is 1. The fourth-order valence-corrected chi connectivity index (χ4v) is 3.03. The van der Waals surface area contributed by atoms with E-state index in [0.717, 1.165) is 31.6 Å². The number of halogens is 1. The molecule has 1 fully saturated rings. The van der Waals surface area contributed by atoms with Gasteiger partial charge in [0.1, 0.15) is 5.75 Å². The lowest BCUT2D eigenvalue weighted by Gasteiger charge is -2.23. The molecular formula is C15H20ClN3O2. The van der Waals surface area contributed by atoms with Crippen molar-refractivity contribution in [3.05, 3.63) is 17.2 Å². The third kappa shape index (κ3) is 3.41. The van der Waals surface area contributed by atoms with E-state index < -0.39 is 0 Å². The Balaban J connectivity index is 1.75. The molecule has 1 atom stereocenters. The first-order chi connectivity index (χ1) is 10.1. The maximum absolute atomic E-state index is 11.3. The van der Waals surface area contributed by atoms with Crippen molar-refractivity contribution in [3.8, 4) is 5.75 Å². The van der Waals surface area contributed by atoms with Crippen LogP contribution in [-0.4, -0.2) is 43.6 Å². The van der Waals surface area contributed by atoms with Crippen molar-refractivity contribution >= 4 is 28.9 Å². The summed E-state index contributed by atoms with van der Waals surface area (Å²) in [7, 11) is 2.16. The maximum Gasteiger partial charge on any atom is 0.262 e. The highest BCUT2D eigenvalue weighted by Crippen LogP contribution is 2.37. The number of anilines is 2. The summed E-state index contributed by atoms with van der Waals surface area (Å²) in [6.45, 7) is 2.29. The Hall–Kier alpha value is -1.46. The monoisotopic (exact) mass is 309 g/mol. The SMILES string of the molecule is CN1CCCC(Nc2cc3c(cc2Cl)NC(=O)CO3)CC1. The molecule has 0 spiro atoms. The van der Waals surface area contributed by atoms with Gasteiger partial charge in [0.25, 0.3) is 5.91 Å². The summed E-state index contributed by atoms with van der Waals surface area (Å²) in [5, 5.41) is 6.89. The first kappa shape index (κ1) is 14.5. The highest BCUT2D eigenvalue weighted by molar-refractivity contribution is 6.33. The van der Waals surface area contributed by atoms with Gasteiger partial charge in [-0.05, 0) is 45.5 Å². The van der Waals surface area contributed by atoms with Crippen molar-refractivity contribution in [1.29, 1.82) is 0 Å². The Labute approximate surface area is 129 Å². The number of benzene rings is 1. The number of carbonyl (C=O) groups is 1. The molecule has 114 valence electrons. The number of rotatable bonds is 2. The number of nitrogens with zero attached hydrogens (tertiary/aromatic N) is 1. The largest absolute Gasteiger partial charge is 0.482 e. The van der Waals surface area contributed by atoms with Crippen LogP contribution in [0.25, 0.3) is 0 Å². The van der Waals surface area contributed by atoms with E-state index in [-0.39, 0.29) is 12.5 Å². The van der Waals surface area contributed by atoms with Crippen LogP contribution in [-0.2, 0) is 4.79 Å². The third-order valence-electron chi connectivity index (χ3n) is 4.01. The first-order valence-corrected chi connectivity index (χ1v) is 7.71. The van der Waals surface area contributed by atoms with Crippen LogP contribution in [0.3, 0.4) is 0 Å². The zero-order chi connectivity index (χ0) is 14.8. The lowest BCUT2D eigenvalue weighted by atomic mass is 10.1. The number of hydrogen-bond acceptors (Lipinski definition) is 4. The zero-order valence-corrected chi connectivity index (χ0v) is 12.9. The lowest BCUT2D eigenvalue weighted by molar-refractivity contribution is -0.118.